The van der Waals surface area contributed by atoms with Crippen LogP contribution in [-0.4, -0.2) is 72.4 Å². The van der Waals surface area contributed by atoms with E-state index in [4.69, 9.17) is 10.1 Å². The van der Waals surface area contributed by atoms with Gasteiger partial charge in [-0.2, -0.15) is 0 Å². The molecule has 0 spiro atoms. The molecule has 0 aliphatic carbocycles. The van der Waals surface area contributed by atoms with Gasteiger partial charge in [0.05, 0.1) is 18.2 Å². The van der Waals surface area contributed by atoms with Crippen molar-refractivity contribution in [2.24, 2.45) is 4.99 Å². The maximum atomic E-state index is 13.5. The molecule has 1 unspecified atom stereocenters. The Morgan fingerprint density at radius 2 is 1.66 bits per heavy atom. The van der Waals surface area contributed by atoms with E-state index in [0.29, 0.717) is 43.6 Å². The van der Waals surface area contributed by atoms with Gasteiger partial charge in [-0.1, -0.05) is 50.2 Å². The summed E-state index contributed by atoms with van der Waals surface area (Å²) in [7, 11) is 3.99. The topological polar surface area (TPSA) is 81.9 Å². The molecule has 0 fully saturated rings. The van der Waals surface area contributed by atoms with Crippen LogP contribution in [0.3, 0.4) is 0 Å². The molecule has 7 nitrogen and oxygen atoms in total. The lowest BCUT2D eigenvalue weighted by Crippen LogP contribution is -2.47. The Hall–Kier alpha value is -3.84. The second-order valence-corrected chi connectivity index (χ2v) is 10.2. The van der Waals surface area contributed by atoms with Crippen molar-refractivity contribution >= 4 is 17.3 Å². The standard InChI is InChI=1S/C31H37N5O2/c1-22(2)24-7-5-23(6-8-24)21-38-27-11-9-25(10-12-27)28(29(32)26-13-15-33-16-14-26)30-31(37)36(18-17-34-30)20-19-35(3)4/h5-16,22,28,32H,17-21H2,1-4H3. The van der Waals surface area contributed by atoms with Gasteiger partial charge in [-0.3, -0.25) is 14.8 Å². The second-order valence-electron chi connectivity index (χ2n) is 10.2. The van der Waals surface area contributed by atoms with Crippen molar-refractivity contribution in [3.05, 3.63) is 95.3 Å². The fourth-order valence-corrected chi connectivity index (χ4v) is 4.45. The number of carbonyl (C=O) groups is 1. The van der Waals surface area contributed by atoms with Crippen LogP contribution in [0.5, 0.6) is 5.75 Å². The summed E-state index contributed by atoms with van der Waals surface area (Å²) in [5.74, 6) is 0.550. The smallest absolute Gasteiger partial charge is 0.268 e. The molecule has 1 N–H and O–H groups in total. The number of carbonyl (C=O) groups excluding carboxylic acids is 1. The Morgan fingerprint density at radius 3 is 2.29 bits per heavy atom. The third kappa shape index (κ3) is 6.72. The Labute approximate surface area is 225 Å². The number of likely N-dealkylation sites (N-methyl/N-ethyl adjacent to an activating group) is 1. The van der Waals surface area contributed by atoms with Gasteiger partial charge >= 0.3 is 0 Å². The molecule has 7 heteroatoms. The Kier molecular flexibility index (Phi) is 9.02. The van der Waals surface area contributed by atoms with Gasteiger partial charge in [-0.25, -0.2) is 0 Å². The second kappa shape index (κ2) is 12.6. The largest absolute Gasteiger partial charge is 0.489 e. The zero-order chi connectivity index (χ0) is 27.1. The first-order valence-electron chi connectivity index (χ1n) is 13.1. The van der Waals surface area contributed by atoms with E-state index in [2.05, 4.69) is 53.0 Å². The number of aromatic nitrogens is 1. The monoisotopic (exact) mass is 511 g/mol. The van der Waals surface area contributed by atoms with Crippen LogP contribution >= 0.6 is 0 Å². The highest BCUT2D eigenvalue weighted by atomic mass is 16.5. The van der Waals surface area contributed by atoms with Crippen molar-refractivity contribution in [1.82, 2.24) is 14.8 Å². The summed E-state index contributed by atoms with van der Waals surface area (Å²) in [5, 5.41) is 9.06. The van der Waals surface area contributed by atoms with Crippen molar-refractivity contribution < 1.29 is 9.53 Å². The Balaban J connectivity index is 1.55. The molecule has 3 aromatic rings. The first-order valence-corrected chi connectivity index (χ1v) is 13.1. The number of rotatable bonds is 11. The van der Waals surface area contributed by atoms with Crippen LogP contribution < -0.4 is 4.74 Å². The summed E-state index contributed by atoms with van der Waals surface area (Å²) >= 11 is 0. The van der Waals surface area contributed by atoms with Crippen LogP contribution in [0.15, 0.2) is 78.0 Å². The molecule has 2 aromatic carbocycles. The minimum Gasteiger partial charge on any atom is -0.489 e. The normalized spacial score (nSPS) is 14.5. The van der Waals surface area contributed by atoms with Crippen molar-refractivity contribution in [3.63, 3.8) is 0 Å². The molecule has 0 saturated carbocycles. The number of nitrogens with zero attached hydrogens (tertiary/aromatic N) is 4. The fraction of sp³-hybridized carbons (Fsp3) is 0.355. The van der Waals surface area contributed by atoms with Crippen LogP contribution in [-0.2, 0) is 11.4 Å². The fourth-order valence-electron chi connectivity index (χ4n) is 4.45. The summed E-state index contributed by atoms with van der Waals surface area (Å²) in [6.45, 7) is 7.37. The van der Waals surface area contributed by atoms with Gasteiger partial charge in [0.2, 0.25) is 0 Å². The number of pyridine rings is 1. The van der Waals surface area contributed by atoms with Crippen molar-refractivity contribution in [2.45, 2.75) is 32.3 Å². The minimum atomic E-state index is -0.579. The number of amides is 1. The van der Waals surface area contributed by atoms with E-state index < -0.39 is 5.92 Å². The number of nitrogens with one attached hydrogen (secondary N) is 1. The van der Waals surface area contributed by atoms with E-state index in [1.807, 2.05) is 43.3 Å². The summed E-state index contributed by atoms with van der Waals surface area (Å²) in [5.41, 5.74) is 4.71. The first kappa shape index (κ1) is 27.2. The number of aliphatic imine (C=N–C) groups is 1. The molecule has 4 rings (SSSR count). The zero-order valence-electron chi connectivity index (χ0n) is 22.7. The lowest BCUT2D eigenvalue weighted by atomic mass is 9.85. The molecule has 1 atom stereocenters. The number of benzene rings is 2. The lowest BCUT2D eigenvalue weighted by molar-refractivity contribution is -0.124. The summed E-state index contributed by atoms with van der Waals surface area (Å²) in [4.78, 5) is 26.2. The molecule has 1 aliphatic rings. The summed E-state index contributed by atoms with van der Waals surface area (Å²) < 4.78 is 6.04. The van der Waals surface area contributed by atoms with E-state index in [-0.39, 0.29) is 5.91 Å². The molecule has 1 aliphatic heterocycles. The average molecular weight is 512 g/mol. The van der Waals surface area contributed by atoms with Gasteiger partial charge in [0.25, 0.3) is 5.91 Å². The Morgan fingerprint density at radius 1 is 1.00 bits per heavy atom. The molecule has 0 radical (unpaired) electrons. The minimum absolute atomic E-state index is 0.105. The van der Waals surface area contributed by atoms with Crippen molar-refractivity contribution in [1.29, 1.82) is 5.41 Å². The van der Waals surface area contributed by atoms with Crippen LogP contribution in [0.2, 0.25) is 0 Å². The van der Waals surface area contributed by atoms with Crippen LogP contribution in [0.4, 0.5) is 0 Å². The lowest BCUT2D eigenvalue weighted by Gasteiger charge is -2.31. The van der Waals surface area contributed by atoms with E-state index in [1.165, 1.54) is 5.56 Å². The SMILES string of the molecule is CC(C)c1ccc(COc2ccc(C(C(=N)c3ccncc3)C3=NCCN(CCN(C)C)C3=O)cc2)cc1. The van der Waals surface area contributed by atoms with Crippen LogP contribution in [0.25, 0.3) is 0 Å². The molecule has 1 aromatic heterocycles. The van der Waals surface area contributed by atoms with Gasteiger partial charge < -0.3 is 19.9 Å². The third-order valence-corrected chi connectivity index (χ3v) is 6.79. The quantitative estimate of drug-likeness (QED) is 0.376. The highest BCUT2D eigenvalue weighted by molar-refractivity contribution is 6.46. The van der Waals surface area contributed by atoms with Gasteiger partial charge in [-0.15, -0.1) is 0 Å². The molecular formula is C31H37N5O2. The maximum Gasteiger partial charge on any atom is 0.268 e. The molecule has 1 amide bonds. The predicted octanol–water partition coefficient (Wildman–Crippen LogP) is 4.78. The van der Waals surface area contributed by atoms with Gasteiger partial charge in [0.15, 0.2) is 0 Å². The first-order chi connectivity index (χ1) is 18.3. The van der Waals surface area contributed by atoms with Gasteiger partial charge in [0.1, 0.15) is 18.1 Å². The zero-order valence-corrected chi connectivity index (χ0v) is 22.7. The van der Waals surface area contributed by atoms with Crippen LogP contribution in [0.1, 0.15) is 47.9 Å². The third-order valence-electron chi connectivity index (χ3n) is 6.79. The number of hydrogen-bond donors (Lipinski definition) is 1. The average Bonchev–Trinajstić information content (AvgIpc) is 2.93. The highest BCUT2D eigenvalue weighted by Gasteiger charge is 2.34. The molecular weight excluding hydrogens is 474 g/mol. The highest BCUT2D eigenvalue weighted by Crippen LogP contribution is 2.27. The summed E-state index contributed by atoms with van der Waals surface area (Å²) in [6, 6.07) is 19.8. The maximum absolute atomic E-state index is 13.5. The predicted molar refractivity (Wildman–Crippen MR) is 153 cm³/mol. The van der Waals surface area contributed by atoms with E-state index in [0.717, 1.165) is 29.0 Å². The molecule has 38 heavy (non-hydrogen) atoms. The van der Waals surface area contributed by atoms with E-state index >= 15 is 0 Å². The molecule has 0 saturated heterocycles. The molecule has 0 bridgehead atoms. The van der Waals surface area contributed by atoms with Gasteiger partial charge in [0, 0.05) is 32.0 Å². The molecule has 198 valence electrons. The number of hydrogen-bond acceptors (Lipinski definition) is 6. The number of ether oxygens (including phenoxy) is 1. The molecule has 2 heterocycles. The van der Waals surface area contributed by atoms with Crippen molar-refractivity contribution in [3.8, 4) is 5.75 Å². The van der Waals surface area contributed by atoms with Crippen molar-refractivity contribution in [2.75, 3.05) is 40.3 Å². The summed E-state index contributed by atoms with van der Waals surface area (Å²) in [6.07, 6.45) is 3.33. The van der Waals surface area contributed by atoms with E-state index in [9.17, 15) is 4.79 Å². The van der Waals surface area contributed by atoms with E-state index in [1.54, 1.807) is 24.5 Å². The Bertz CT molecular complexity index is 1250. The van der Waals surface area contributed by atoms with Gasteiger partial charge in [-0.05, 0) is 66.5 Å². The van der Waals surface area contributed by atoms with Crippen LogP contribution in [0, 0.1) is 5.41 Å².